The van der Waals surface area contributed by atoms with E-state index in [2.05, 4.69) is 20.6 Å². The van der Waals surface area contributed by atoms with E-state index in [4.69, 9.17) is 0 Å². The maximum absolute atomic E-state index is 13.5. The van der Waals surface area contributed by atoms with Gasteiger partial charge in [-0.25, -0.2) is 14.4 Å². The number of halogens is 1. The van der Waals surface area contributed by atoms with Crippen molar-refractivity contribution in [3.8, 4) is 0 Å². The third-order valence-electron chi connectivity index (χ3n) is 3.00. The van der Waals surface area contributed by atoms with Crippen molar-refractivity contribution in [2.45, 2.75) is 19.8 Å². The van der Waals surface area contributed by atoms with Gasteiger partial charge in [-0.1, -0.05) is 25.1 Å². The van der Waals surface area contributed by atoms with Gasteiger partial charge in [-0.2, -0.15) is 0 Å². The molecule has 0 amide bonds. The van der Waals surface area contributed by atoms with Crippen LogP contribution in [0.25, 0.3) is 0 Å². The van der Waals surface area contributed by atoms with Gasteiger partial charge in [0.2, 0.25) is 0 Å². The van der Waals surface area contributed by atoms with E-state index in [1.807, 2.05) is 26.1 Å². The minimum Gasteiger partial charge on any atom is -0.373 e. The van der Waals surface area contributed by atoms with E-state index in [0.29, 0.717) is 18.5 Å². The maximum atomic E-state index is 13.5. The first kappa shape index (κ1) is 14.2. The molecule has 106 valence electrons. The van der Waals surface area contributed by atoms with Crippen molar-refractivity contribution in [3.05, 3.63) is 47.5 Å². The molecule has 2 rings (SSSR count). The summed E-state index contributed by atoms with van der Waals surface area (Å²) in [5, 5.41) is 6.22. The zero-order valence-electron chi connectivity index (χ0n) is 11.8. The molecule has 0 unspecified atom stereocenters. The minimum atomic E-state index is -0.165. The Hall–Kier alpha value is -2.17. The summed E-state index contributed by atoms with van der Waals surface area (Å²) < 4.78 is 13.5. The molecule has 0 aliphatic carbocycles. The zero-order valence-corrected chi connectivity index (χ0v) is 11.8. The summed E-state index contributed by atoms with van der Waals surface area (Å²) in [5.74, 6) is 2.16. The monoisotopic (exact) mass is 274 g/mol. The molecule has 1 aromatic heterocycles. The summed E-state index contributed by atoms with van der Waals surface area (Å²) in [7, 11) is 1.82. The van der Waals surface area contributed by atoms with Crippen LogP contribution >= 0.6 is 0 Å². The molecule has 0 spiro atoms. The van der Waals surface area contributed by atoms with Crippen molar-refractivity contribution in [2.75, 3.05) is 24.2 Å². The van der Waals surface area contributed by atoms with Crippen molar-refractivity contribution >= 4 is 11.6 Å². The van der Waals surface area contributed by atoms with Gasteiger partial charge in [0.25, 0.3) is 0 Å². The van der Waals surface area contributed by atoms with Crippen LogP contribution in [-0.4, -0.2) is 23.6 Å². The van der Waals surface area contributed by atoms with Gasteiger partial charge in [-0.15, -0.1) is 0 Å². The Morgan fingerprint density at radius 3 is 2.60 bits per heavy atom. The van der Waals surface area contributed by atoms with Crippen LogP contribution in [0.15, 0.2) is 30.3 Å². The number of anilines is 2. The van der Waals surface area contributed by atoms with Crippen LogP contribution < -0.4 is 10.6 Å². The Bertz CT molecular complexity index is 549. The fourth-order valence-electron chi connectivity index (χ4n) is 1.90. The Kier molecular flexibility index (Phi) is 4.87. The second kappa shape index (κ2) is 6.84. The smallest absolute Gasteiger partial charge is 0.132 e. The standard InChI is InChI=1S/C15H19FN4/c1-3-13-19-14(17-2)10-15(20-13)18-9-8-11-6-4-5-7-12(11)16/h4-7,10H,3,8-9H2,1-2H3,(H2,17,18,19,20). The van der Waals surface area contributed by atoms with Crippen LogP contribution in [-0.2, 0) is 12.8 Å². The molecular weight excluding hydrogens is 255 g/mol. The predicted molar refractivity (Wildman–Crippen MR) is 79.6 cm³/mol. The highest BCUT2D eigenvalue weighted by atomic mass is 19.1. The lowest BCUT2D eigenvalue weighted by molar-refractivity contribution is 0.610. The van der Waals surface area contributed by atoms with E-state index in [-0.39, 0.29) is 5.82 Å². The number of hydrogen-bond acceptors (Lipinski definition) is 4. The van der Waals surface area contributed by atoms with Gasteiger partial charge in [0.15, 0.2) is 0 Å². The van der Waals surface area contributed by atoms with E-state index in [0.717, 1.165) is 23.9 Å². The van der Waals surface area contributed by atoms with E-state index in [9.17, 15) is 4.39 Å². The molecule has 0 fully saturated rings. The number of benzene rings is 1. The average molecular weight is 274 g/mol. The molecule has 0 radical (unpaired) electrons. The summed E-state index contributed by atoms with van der Waals surface area (Å²) in [6.07, 6.45) is 1.39. The number of aromatic nitrogens is 2. The second-order valence-electron chi connectivity index (χ2n) is 4.43. The first-order valence-electron chi connectivity index (χ1n) is 6.76. The summed E-state index contributed by atoms with van der Waals surface area (Å²) in [6.45, 7) is 2.64. The van der Waals surface area contributed by atoms with Crippen LogP contribution in [0.4, 0.5) is 16.0 Å². The largest absolute Gasteiger partial charge is 0.373 e. The molecule has 2 N–H and O–H groups in total. The summed E-state index contributed by atoms with van der Waals surface area (Å²) in [4.78, 5) is 8.73. The fraction of sp³-hybridized carbons (Fsp3) is 0.333. The lowest BCUT2D eigenvalue weighted by Crippen LogP contribution is -2.10. The van der Waals surface area contributed by atoms with Crippen LogP contribution in [0.3, 0.4) is 0 Å². The third kappa shape index (κ3) is 3.66. The summed E-state index contributed by atoms with van der Waals surface area (Å²) >= 11 is 0. The Morgan fingerprint density at radius 2 is 1.90 bits per heavy atom. The molecule has 0 saturated heterocycles. The first-order valence-corrected chi connectivity index (χ1v) is 6.76. The number of aryl methyl sites for hydroxylation is 1. The van der Waals surface area contributed by atoms with Crippen molar-refractivity contribution in [1.29, 1.82) is 0 Å². The van der Waals surface area contributed by atoms with Gasteiger partial charge in [0, 0.05) is 26.1 Å². The number of nitrogens with zero attached hydrogens (tertiary/aromatic N) is 2. The van der Waals surface area contributed by atoms with Gasteiger partial charge in [-0.05, 0) is 18.1 Å². The molecule has 0 atom stereocenters. The topological polar surface area (TPSA) is 49.8 Å². The predicted octanol–water partition coefficient (Wildman–Crippen LogP) is 2.87. The van der Waals surface area contributed by atoms with Crippen molar-refractivity contribution < 1.29 is 4.39 Å². The molecule has 0 bridgehead atoms. The number of hydrogen-bond donors (Lipinski definition) is 2. The summed E-state index contributed by atoms with van der Waals surface area (Å²) in [6, 6.07) is 8.67. The van der Waals surface area contributed by atoms with Crippen LogP contribution in [0.2, 0.25) is 0 Å². The quantitative estimate of drug-likeness (QED) is 0.850. The molecule has 20 heavy (non-hydrogen) atoms. The first-order chi connectivity index (χ1) is 9.72. The van der Waals surface area contributed by atoms with Gasteiger partial charge in [-0.3, -0.25) is 0 Å². The Balaban J connectivity index is 1.99. The molecule has 0 aliphatic rings. The highest BCUT2D eigenvalue weighted by molar-refractivity contribution is 5.47. The van der Waals surface area contributed by atoms with Crippen LogP contribution in [0.5, 0.6) is 0 Å². The van der Waals surface area contributed by atoms with Crippen LogP contribution in [0.1, 0.15) is 18.3 Å². The zero-order chi connectivity index (χ0) is 14.4. The Labute approximate surface area is 118 Å². The SMILES string of the molecule is CCc1nc(NC)cc(NCCc2ccccc2F)n1. The van der Waals surface area contributed by atoms with Crippen LogP contribution in [0, 0.1) is 5.82 Å². The van der Waals surface area contributed by atoms with E-state index < -0.39 is 0 Å². The maximum Gasteiger partial charge on any atom is 0.132 e. The fourth-order valence-corrected chi connectivity index (χ4v) is 1.90. The highest BCUT2D eigenvalue weighted by Crippen LogP contribution is 2.12. The third-order valence-corrected chi connectivity index (χ3v) is 3.00. The number of rotatable bonds is 6. The lowest BCUT2D eigenvalue weighted by atomic mass is 10.1. The molecule has 0 saturated carbocycles. The van der Waals surface area contributed by atoms with Crippen molar-refractivity contribution in [3.63, 3.8) is 0 Å². The van der Waals surface area contributed by atoms with Gasteiger partial charge < -0.3 is 10.6 Å². The second-order valence-corrected chi connectivity index (χ2v) is 4.43. The molecule has 5 heteroatoms. The average Bonchev–Trinajstić information content (AvgIpc) is 2.48. The lowest BCUT2D eigenvalue weighted by Gasteiger charge is -2.09. The molecule has 4 nitrogen and oxygen atoms in total. The van der Waals surface area contributed by atoms with Gasteiger partial charge in [0.1, 0.15) is 23.3 Å². The van der Waals surface area contributed by atoms with Gasteiger partial charge in [0.05, 0.1) is 0 Å². The minimum absolute atomic E-state index is 0.165. The number of nitrogens with one attached hydrogen (secondary N) is 2. The van der Waals surface area contributed by atoms with E-state index >= 15 is 0 Å². The highest BCUT2D eigenvalue weighted by Gasteiger charge is 2.03. The van der Waals surface area contributed by atoms with Crippen molar-refractivity contribution in [1.82, 2.24) is 9.97 Å². The van der Waals surface area contributed by atoms with Crippen molar-refractivity contribution in [2.24, 2.45) is 0 Å². The molecule has 2 aromatic rings. The molecule has 1 aromatic carbocycles. The Morgan fingerprint density at radius 1 is 1.15 bits per heavy atom. The van der Waals surface area contributed by atoms with E-state index in [1.54, 1.807) is 12.1 Å². The summed E-state index contributed by atoms with van der Waals surface area (Å²) in [5.41, 5.74) is 0.707. The molecule has 1 heterocycles. The molecule has 0 aliphatic heterocycles. The van der Waals surface area contributed by atoms with Gasteiger partial charge >= 0.3 is 0 Å². The normalized spacial score (nSPS) is 10.3. The van der Waals surface area contributed by atoms with E-state index in [1.165, 1.54) is 6.07 Å². The molecular formula is C15H19FN4.